The third kappa shape index (κ3) is 2.77. The predicted molar refractivity (Wildman–Crippen MR) is 64.2 cm³/mol. The van der Waals surface area contributed by atoms with Gasteiger partial charge in [-0.25, -0.2) is 14.4 Å². The fourth-order valence-electron chi connectivity index (χ4n) is 1.24. The SMILES string of the molecule is NNc1ccc(C(=O)Nc2ccc(F)cn2)nc1. The van der Waals surface area contributed by atoms with Crippen LogP contribution >= 0.6 is 0 Å². The lowest BCUT2D eigenvalue weighted by Crippen LogP contribution is -2.15. The minimum absolute atomic E-state index is 0.208. The molecule has 4 N–H and O–H groups in total. The number of aromatic nitrogens is 2. The summed E-state index contributed by atoms with van der Waals surface area (Å²) < 4.78 is 12.6. The first kappa shape index (κ1) is 11.9. The number of carbonyl (C=O) groups excluding carboxylic acids is 1. The van der Waals surface area contributed by atoms with E-state index in [1.807, 2.05) is 0 Å². The van der Waals surface area contributed by atoms with Crippen molar-refractivity contribution in [3.05, 3.63) is 48.2 Å². The molecule has 7 heteroatoms. The van der Waals surface area contributed by atoms with Crippen LogP contribution in [0.5, 0.6) is 0 Å². The zero-order valence-corrected chi connectivity index (χ0v) is 9.22. The number of nitrogens with one attached hydrogen (secondary N) is 2. The maximum absolute atomic E-state index is 12.6. The molecule has 0 unspecified atom stereocenters. The van der Waals surface area contributed by atoms with Gasteiger partial charge in [-0.1, -0.05) is 0 Å². The Bertz CT molecular complexity index is 540. The Morgan fingerprint density at radius 2 is 2.00 bits per heavy atom. The maximum atomic E-state index is 12.6. The van der Waals surface area contributed by atoms with Crippen molar-refractivity contribution >= 4 is 17.4 Å². The van der Waals surface area contributed by atoms with E-state index >= 15 is 0 Å². The summed E-state index contributed by atoms with van der Waals surface area (Å²) in [4.78, 5) is 19.4. The highest BCUT2D eigenvalue weighted by Crippen LogP contribution is 2.08. The maximum Gasteiger partial charge on any atom is 0.275 e. The second kappa shape index (κ2) is 5.19. The topological polar surface area (TPSA) is 92.9 Å². The van der Waals surface area contributed by atoms with E-state index in [0.29, 0.717) is 5.69 Å². The van der Waals surface area contributed by atoms with E-state index in [1.54, 1.807) is 6.07 Å². The Morgan fingerprint density at radius 1 is 1.17 bits per heavy atom. The lowest BCUT2D eigenvalue weighted by molar-refractivity contribution is 0.102. The molecule has 0 spiro atoms. The van der Waals surface area contributed by atoms with Crippen molar-refractivity contribution in [2.24, 2.45) is 5.84 Å². The molecule has 0 aromatic carbocycles. The van der Waals surface area contributed by atoms with Crippen molar-refractivity contribution < 1.29 is 9.18 Å². The fourth-order valence-corrected chi connectivity index (χ4v) is 1.24. The second-order valence-electron chi connectivity index (χ2n) is 3.39. The van der Waals surface area contributed by atoms with Gasteiger partial charge in [-0.05, 0) is 24.3 Å². The van der Waals surface area contributed by atoms with E-state index in [9.17, 15) is 9.18 Å². The number of hydrogen-bond acceptors (Lipinski definition) is 5. The summed E-state index contributed by atoms with van der Waals surface area (Å²) in [7, 11) is 0. The Balaban J connectivity index is 2.09. The third-order valence-corrected chi connectivity index (χ3v) is 2.13. The lowest BCUT2D eigenvalue weighted by atomic mass is 10.3. The van der Waals surface area contributed by atoms with Crippen molar-refractivity contribution in [2.75, 3.05) is 10.7 Å². The molecule has 2 aromatic heterocycles. The molecule has 2 rings (SSSR count). The molecule has 2 heterocycles. The molecule has 0 aliphatic rings. The highest BCUT2D eigenvalue weighted by molar-refractivity contribution is 6.02. The average Bonchev–Trinajstić information content (AvgIpc) is 2.41. The van der Waals surface area contributed by atoms with Gasteiger partial charge in [0.2, 0.25) is 0 Å². The quantitative estimate of drug-likeness (QED) is 0.559. The summed E-state index contributed by atoms with van der Waals surface area (Å²) >= 11 is 0. The Labute approximate surface area is 102 Å². The van der Waals surface area contributed by atoms with Crippen LogP contribution in [-0.2, 0) is 0 Å². The number of anilines is 2. The van der Waals surface area contributed by atoms with E-state index in [-0.39, 0.29) is 11.5 Å². The number of nitrogen functional groups attached to an aromatic ring is 1. The molecule has 0 aliphatic heterocycles. The van der Waals surface area contributed by atoms with Crippen molar-refractivity contribution in [1.29, 1.82) is 0 Å². The number of pyridine rings is 2. The number of nitrogens with two attached hydrogens (primary N) is 1. The van der Waals surface area contributed by atoms with Crippen molar-refractivity contribution in [1.82, 2.24) is 9.97 Å². The number of hydrogen-bond donors (Lipinski definition) is 3. The van der Waals surface area contributed by atoms with Crippen LogP contribution in [-0.4, -0.2) is 15.9 Å². The van der Waals surface area contributed by atoms with Gasteiger partial charge in [-0.3, -0.25) is 10.6 Å². The zero-order valence-electron chi connectivity index (χ0n) is 9.22. The lowest BCUT2D eigenvalue weighted by Gasteiger charge is -2.04. The summed E-state index contributed by atoms with van der Waals surface area (Å²) in [6.07, 6.45) is 2.44. The van der Waals surface area contributed by atoms with Crippen molar-refractivity contribution in [2.45, 2.75) is 0 Å². The number of rotatable bonds is 3. The van der Waals surface area contributed by atoms with Crippen LogP contribution in [0.2, 0.25) is 0 Å². The van der Waals surface area contributed by atoms with Gasteiger partial charge in [0.15, 0.2) is 0 Å². The molecular weight excluding hydrogens is 237 g/mol. The highest BCUT2D eigenvalue weighted by Gasteiger charge is 2.08. The van der Waals surface area contributed by atoms with Crippen LogP contribution in [0.3, 0.4) is 0 Å². The normalized spacial score (nSPS) is 9.89. The molecule has 0 aliphatic carbocycles. The van der Waals surface area contributed by atoms with Crippen LogP contribution < -0.4 is 16.6 Å². The number of carbonyl (C=O) groups is 1. The number of amides is 1. The average molecular weight is 247 g/mol. The van der Waals surface area contributed by atoms with Crippen molar-refractivity contribution in [3.8, 4) is 0 Å². The Kier molecular flexibility index (Phi) is 3.44. The van der Waals surface area contributed by atoms with Gasteiger partial charge in [-0.2, -0.15) is 0 Å². The summed E-state index contributed by atoms with van der Waals surface area (Å²) in [6, 6.07) is 5.69. The molecular formula is C11H10FN5O. The van der Waals surface area contributed by atoms with Crippen LogP contribution in [0.4, 0.5) is 15.9 Å². The van der Waals surface area contributed by atoms with E-state index in [0.717, 1.165) is 6.20 Å². The molecule has 1 amide bonds. The smallest absolute Gasteiger partial charge is 0.275 e. The molecule has 0 saturated heterocycles. The molecule has 0 bridgehead atoms. The molecule has 0 fully saturated rings. The summed E-state index contributed by atoms with van der Waals surface area (Å²) in [5.74, 6) is 4.53. The first-order valence-corrected chi connectivity index (χ1v) is 5.04. The summed E-state index contributed by atoms with van der Waals surface area (Å²) in [5, 5.41) is 2.49. The molecule has 6 nitrogen and oxygen atoms in total. The van der Waals surface area contributed by atoms with E-state index in [4.69, 9.17) is 5.84 Å². The van der Waals surface area contributed by atoms with Crippen LogP contribution in [0.1, 0.15) is 10.5 Å². The Morgan fingerprint density at radius 3 is 2.56 bits per heavy atom. The number of hydrazine groups is 1. The highest BCUT2D eigenvalue weighted by atomic mass is 19.1. The first-order valence-electron chi connectivity index (χ1n) is 5.04. The molecule has 92 valence electrons. The standard InChI is InChI=1S/C11H10FN5O/c12-7-1-4-10(15-5-7)16-11(18)9-3-2-8(17-13)6-14-9/h1-6,17H,13H2,(H,15,16,18). The van der Waals surface area contributed by atoms with Gasteiger partial charge in [0.05, 0.1) is 18.1 Å². The van der Waals surface area contributed by atoms with Crippen LogP contribution in [0.15, 0.2) is 36.7 Å². The minimum Gasteiger partial charge on any atom is -0.323 e. The Hall–Kier alpha value is -2.54. The van der Waals surface area contributed by atoms with Crippen LogP contribution in [0, 0.1) is 5.82 Å². The number of nitrogens with zero attached hydrogens (tertiary/aromatic N) is 2. The first-order chi connectivity index (χ1) is 8.69. The fraction of sp³-hybridized carbons (Fsp3) is 0. The minimum atomic E-state index is -0.468. The predicted octanol–water partition coefficient (Wildman–Crippen LogP) is 1.15. The van der Waals surface area contributed by atoms with Crippen LogP contribution in [0.25, 0.3) is 0 Å². The molecule has 18 heavy (non-hydrogen) atoms. The van der Waals surface area contributed by atoms with E-state index < -0.39 is 11.7 Å². The van der Waals surface area contributed by atoms with Gasteiger partial charge in [0.25, 0.3) is 5.91 Å². The summed E-state index contributed by atoms with van der Waals surface area (Å²) in [6.45, 7) is 0. The molecule has 0 saturated carbocycles. The van der Waals surface area contributed by atoms with Gasteiger partial charge < -0.3 is 10.7 Å². The zero-order chi connectivity index (χ0) is 13.0. The summed E-state index contributed by atoms with van der Waals surface area (Å²) in [5.41, 5.74) is 3.20. The number of halogens is 1. The monoisotopic (exact) mass is 247 g/mol. The van der Waals surface area contributed by atoms with Gasteiger partial charge in [0, 0.05) is 0 Å². The molecule has 0 radical (unpaired) electrons. The van der Waals surface area contributed by atoms with Gasteiger partial charge >= 0.3 is 0 Å². The van der Waals surface area contributed by atoms with Gasteiger partial charge in [0.1, 0.15) is 17.3 Å². The van der Waals surface area contributed by atoms with E-state index in [2.05, 4.69) is 20.7 Å². The largest absolute Gasteiger partial charge is 0.323 e. The van der Waals surface area contributed by atoms with E-state index in [1.165, 1.54) is 24.4 Å². The second-order valence-corrected chi connectivity index (χ2v) is 3.39. The molecule has 2 aromatic rings. The van der Waals surface area contributed by atoms with Crippen molar-refractivity contribution in [3.63, 3.8) is 0 Å². The molecule has 0 atom stereocenters. The third-order valence-electron chi connectivity index (χ3n) is 2.13. The van der Waals surface area contributed by atoms with Gasteiger partial charge in [-0.15, -0.1) is 0 Å².